The summed E-state index contributed by atoms with van der Waals surface area (Å²) in [5.74, 6) is 0. The van der Waals surface area contributed by atoms with Gasteiger partial charge in [0.1, 0.15) is 66.1 Å². The zero-order valence-corrected chi connectivity index (χ0v) is 51.3. The summed E-state index contributed by atoms with van der Waals surface area (Å²) in [4.78, 5) is 0. The second kappa shape index (κ2) is 38.8. The molecular weight excluding hydrogens is 1120 g/mol. The molecule has 0 fully saturated rings. The third kappa shape index (κ3) is 20.8. The minimum absolute atomic E-state index is 0.501. The van der Waals surface area contributed by atoms with Crippen LogP contribution >= 0.6 is 0 Å². The second-order valence-electron chi connectivity index (χ2n) is 19.6. The quantitative estimate of drug-likeness (QED) is 0.0405. The van der Waals surface area contributed by atoms with Gasteiger partial charge in [-0.15, -0.1) is 0 Å². The summed E-state index contributed by atoms with van der Waals surface area (Å²) in [7, 11) is 0. The van der Waals surface area contributed by atoms with Gasteiger partial charge in [-0.25, -0.2) is 0 Å². The summed E-state index contributed by atoms with van der Waals surface area (Å²) in [6.45, 7) is 40.9. The smallest absolute Gasteiger partial charge is 0.113 e. The van der Waals surface area contributed by atoms with Crippen LogP contribution in [0.5, 0.6) is 0 Å². The molecule has 0 unspecified atom stereocenters. The van der Waals surface area contributed by atoms with Gasteiger partial charge in [0.2, 0.25) is 0 Å². The van der Waals surface area contributed by atoms with E-state index in [1.54, 1.807) is 0 Å². The van der Waals surface area contributed by atoms with E-state index in [0.717, 1.165) is 55.6 Å². The number of fused-ring (bicyclic) bond motifs is 5. The fourth-order valence-corrected chi connectivity index (χ4v) is 9.74. The van der Waals surface area contributed by atoms with Gasteiger partial charge in [-0.3, -0.25) is 0 Å². The van der Waals surface area contributed by atoms with Crippen LogP contribution in [0.2, 0.25) is 0 Å². The van der Waals surface area contributed by atoms with Gasteiger partial charge in [0, 0.05) is 5.56 Å². The highest BCUT2D eigenvalue weighted by molar-refractivity contribution is 5.90. The van der Waals surface area contributed by atoms with Gasteiger partial charge < -0.3 is 47.4 Å². The highest BCUT2D eigenvalue weighted by atomic mass is 16.5. The number of rotatable bonds is 30. The molecule has 0 aliphatic heterocycles. The Hall–Kier alpha value is -11.1. The summed E-state index contributed by atoms with van der Waals surface area (Å²) in [6, 6.07) is 62.1. The van der Waals surface area contributed by atoms with E-state index in [4.69, 9.17) is 47.4 Å². The minimum Gasteiger partial charge on any atom is -0.497 e. The monoisotopic (exact) mass is 1200 g/mol. The zero-order chi connectivity index (χ0) is 64.0. The first-order valence-electron chi connectivity index (χ1n) is 29.0. The minimum atomic E-state index is 0.501. The molecule has 0 heterocycles. The molecule has 0 saturated carbocycles. The van der Waals surface area contributed by atoms with E-state index in [-0.39, 0.29) is 0 Å². The van der Waals surface area contributed by atoms with Gasteiger partial charge in [-0.05, 0) is 128 Å². The molecule has 0 spiro atoms. The first kappa shape index (κ1) is 68.0. The molecule has 0 amide bonds. The Morgan fingerprint density at radius 1 is 0.200 bits per heavy atom. The van der Waals surface area contributed by atoms with Crippen molar-refractivity contribution < 1.29 is 47.4 Å². The SMILES string of the molecule is C=COCc1cc(COC=C)c2ccccc2c1.C=COCc1ccc(COC=C)c2ccccc12.C=COCc1ccc2c(COC=C)cccc2c1.C=COCc1ccc2cccc(COC=C)c2c1.C=COCc1ccc2ccccc2c1COC=C. The molecule has 0 radical (unpaired) electrons. The molecule has 90 heavy (non-hydrogen) atoms. The molecule has 0 aromatic heterocycles. The summed E-state index contributed by atoms with van der Waals surface area (Å²) in [5, 5.41) is 11.9. The van der Waals surface area contributed by atoms with E-state index in [1.807, 2.05) is 48.5 Å². The third-order valence-corrected chi connectivity index (χ3v) is 13.9. The van der Waals surface area contributed by atoms with Crippen molar-refractivity contribution in [2.75, 3.05) is 0 Å². The van der Waals surface area contributed by atoms with Crippen LogP contribution in [-0.4, -0.2) is 0 Å². The predicted octanol–water partition coefficient (Wildman–Crippen LogP) is 20.8. The Morgan fingerprint density at radius 2 is 0.522 bits per heavy atom. The maximum absolute atomic E-state index is 5.33. The standard InChI is InChI=1S/5C16H16O2/c1-3-17-11-13-8-9-16-14(10-13)6-5-7-15(16)12-18-4-2;1-3-17-11-13-8-9-14-6-5-7-15(12-18-4-2)16(14)10-13;1-3-17-11-13-9-14-7-5-6-8-16(14)15(10-13)12-18-4-2;1-3-17-11-13-9-10-14(12-18-4-2)16-8-6-5-7-15(13)16;1-3-17-11-14-10-9-13-7-5-6-8-15(13)16(14)12-18-4-2/h5*3-10H,1-2,11-12H2. The van der Waals surface area contributed by atoms with Crippen LogP contribution in [-0.2, 0) is 113 Å². The lowest BCUT2D eigenvalue weighted by molar-refractivity contribution is 0.220. The van der Waals surface area contributed by atoms with Gasteiger partial charge in [-0.2, -0.15) is 0 Å². The molecule has 0 atom stereocenters. The van der Waals surface area contributed by atoms with E-state index in [0.29, 0.717) is 66.1 Å². The zero-order valence-electron chi connectivity index (χ0n) is 51.3. The van der Waals surface area contributed by atoms with Crippen molar-refractivity contribution in [1.82, 2.24) is 0 Å². The normalized spacial score (nSPS) is 10.0. The van der Waals surface area contributed by atoms with Gasteiger partial charge in [-0.1, -0.05) is 224 Å². The number of ether oxygens (including phenoxy) is 10. The van der Waals surface area contributed by atoms with E-state index < -0.39 is 0 Å². The van der Waals surface area contributed by atoms with E-state index in [2.05, 4.69) is 199 Å². The van der Waals surface area contributed by atoms with Crippen molar-refractivity contribution in [1.29, 1.82) is 0 Å². The Balaban J connectivity index is 0.000000179. The van der Waals surface area contributed by atoms with Crippen molar-refractivity contribution >= 4 is 53.9 Å². The molecule has 460 valence electrons. The molecule has 10 nitrogen and oxygen atoms in total. The Kier molecular flexibility index (Phi) is 29.4. The van der Waals surface area contributed by atoms with Crippen molar-refractivity contribution in [2.24, 2.45) is 0 Å². The van der Waals surface area contributed by atoms with E-state index in [1.165, 1.54) is 116 Å². The highest BCUT2D eigenvalue weighted by Crippen LogP contribution is 2.28. The Bertz CT molecular complexity index is 3880. The lowest BCUT2D eigenvalue weighted by atomic mass is 10.00. The van der Waals surface area contributed by atoms with Crippen molar-refractivity contribution in [3.8, 4) is 0 Å². The molecule has 0 saturated heterocycles. The molecule has 0 aliphatic carbocycles. The predicted molar refractivity (Wildman–Crippen MR) is 370 cm³/mol. The topological polar surface area (TPSA) is 92.3 Å². The molecule has 10 aromatic rings. The first-order chi connectivity index (χ1) is 44.3. The summed E-state index contributed by atoms with van der Waals surface area (Å²) >= 11 is 0. The van der Waals surface area contributed by atoms with Gasteiger partial charge >= 0.3 is 0 Å². The van der Waals surface area contributed by atoms with Crippen LogP contribution in [0, 0.1) is 0 Å². The van der Waals surface area contributed by atoms with Gasteiger partial charge in [0.15, 0.2) is 0 Å². The summed E-state index contributed by atoms with van der Waals surface area (Å²) in [5.41, 5.74) is 11.3. The lowest BCUT2D eigenvalue weighted by Crippen LogP contribution is -1.98. The number of hydrogen-bond donors (Lipinski definition) is 0. The molecule has 10 heteroatoms. The van der Waals surface area contributed by atoms with Crippen LogP contribution in [0.1, 0.15) is 55.6 Å². The fraction of sp³-hybridized carbons (Fsp3) is 0.125. The van der Waals surface area contributed by atoms with Crippen LogP contribution in [0.15, 0.2) is 310 Å². The molecule has 10 rings (SSSR count). The summed E-state index contributed by atoms with van der Waals surface area (Å²) in [6.07, 6.45) is 14.6. The Morgan fingerprint density at radius 3 is 1.06 bits per heavy atom. The van der Waals surface area contributed by atoms with Crippen LogP contribution in [0.25, 0.3) is 53.9 Å². The Labute approximate surface area is 530 Å². The largest absolute Gasteiger partial charge is 0.497 e. The van der Waals surface area contributed by atoms with E-state index >= 15 is 0 Å². The lowest BCUT2D eigenvalue weighted by Gasteiger charge is -2.12. The number of benzene rings is 10. The fourth-order valence-electron chi connectivity index (χ4n) is 9.74. The van der Waals surface area contributed by atoms with Crippen LogP contribution in [0.4, 0.5) is 0 Å². The van der Waals surface area contributed by atoms with Gasteiger partial charge in [0.25, 0.3) is 0 Å². The third-order valence-electron chi connectivity index (χ3n) is 13.9. The summed E-state index contributed by atoms with van der Waals surface area (Å²) < 4.78 is 52.6. The number of hydrogen-bond acceptors (Lipinski definition) is 10. The molecule has 0 N–H and O–H groups in total. The van der Waals surface area contributed by atoms with Crippen LogP contribution < -0.4 is 0 Å². The highest BCUT2D eigenvalue weighted by Gasteiger charge is 2.10. The van der Waals surface area contributed by atoms with Gasteiger partial charge in [0.05, 0.1) is 62.6 Å². The molecule has 0 aliphatic rings. The second-order valence-corrected chi connectivity index (χ2v) is 19.6. The molecular formula is C80H80O10. The average Bonchev–Trinajstić information content (AvgIpc) is 1.55. The van der Waals surface area contributed by atoms with Crippen LogP contribution in [0.3, 0.4) is 0 Å². The maximum atomic E-state index is 5.33. The van der Waals surface area contributed by atoms with Crippen molar-refractivity contribution in [3.05, 3.63) is 366 Å². The average molecular weight is 1200 g/mol. The molecule has 10 aromatic carbocycles. The maximum Gasteiger partial charge on any atom is 0.113 e. The van der Waals surface area contributed by atoms with Crippen molar-refractivity contribution in [2.45, 2.75) is 66.1 Å². The van der Waals surface area contributed by atoms with E-state index in [9.17, 15) is 0 Å². The first-order valence-corrected chi connectivity index (χ1v) is 29.0. The van der Waals surface area contributed by atoms with Crippen molar-refractivity contribution in [3.63, 3.8) is 0 Å². The molecule has 0 bridgehead atoms.